The van der Waals surface area contributed by atoms with E-state index in [-0.39, 0.29) is 5.41 Å². The first-order chi connectivity index (χ1) is 10.3. The van der Waals surface area contributed by atoms with Crippen LogP contribution >= 0.6 is 0 Å². The minimum Gasteiger partial charge on any atom is -0.330 e. The molecule has 2 aromatic carbocycles. The van der Waals surface area contributed by atoms with Gasteiger partial charge in [0.1, 0.15) is 0 Å². The summed E-state index contributed by atoms with van der Waals surface area (Å²) in [6.45, 7) is 11.8. The molecule has 1 atom stereocenters. The fourth-order valence-corrected chi connectivity index (χ4v) is 3.02. The van der Waals surface area contributed by atoms with E-state index >= 15 is 0 Å². The van der Waals surface area contributed by atoms with Crippen molar-refractivity contribution in [2.45, 2.75) is 52.4 Å². The van der Waals surface area contributed by atoms with Crippen LogP contribution < -0.4 is 5.73 Å². The summed E-state index contributed by atoms with van der Waals surface area (Å²) < 4.78 is 0. The van der Waals surface area contributed by atoms with E-state index in [0.717, 1.165) is 6.42 Å². The molecule has 0 saturated carbocycles. The molecule has 1 nitrogen and oxygen atoms in total. The number of benzene rings is 2. The Morgan fingerprint density at radius 1 is 0.955 bits per heavy atom. The zero-order valence-corrected chi connectivity index (χ0v) is 14.6. The van der Waals surface area contributed by atoms with Gasteiger partial charge >= 0.3 is 0 Å². The van der Waals surface area contributed by atoms with Gasteiger partial charge in [0.25, 0.3) is 0 Å². The van der Waals surface area contributed by atoms with Crippen molar-refractivity contribution in [2.24, 2.45) is 5.73 Å². The molecule has 1 heteroatoms. The summed E-state index contributed by atoms with van der Waals surface area (Å²) in [5.41, 5.74) is 12.9. The van der Waals surface area contributed by atoms with Crippen LogP contribution in [0.25, 0.3) is 0 Å². The Labute approximate surface area is 135 Å². The Morgan fingerprint density at radius 3 is 2.14 bits per heavy atom. The van der Waals surface area contributed by atoms with Crippen LogP contribution in [0, 0.1) is 13.8 Å². The van der Waals surface area contributed by atoms with Crippen molar-refractivity contribution in [1.82, 2.24) is 0 Å². The van der Waals surface area contributed by atoms with Crippen molar-refractivity contribution in [3.63, 3.8) is 0 Å². The fraction of sp³-hybridized carbons (Fsp3) is 0.429. The van der Waals surface area contributed by atoms with Crippen LogP contribution in [0.2, 0.25) is 0 Å². The quantitative estimate of drug-likeness (QED) is 0.836. The van der Waals surface area contributed by atoms with Gasteiger partial charge in [-0.2, -0.15) is 0 Å². The Bertz CT molecular complexity index is 617. The van der Waals surface area contributed by atoms with Gasteiger partial charge in [-0.05, 0) is 54.5 Å². The number of rotatable bonds is 4. The molecule has 1 unspecified atom stereocenters. The lowest BCUT2D eigenvalue weighted by Gasteiger charge is -2.23. The maximum Gasteiger partial charge on any atom is 0.0104 e. The van der Waals surface area contributed by atoms with E-state index in [1.165, 1.54) is 27.8 Å². The summed E-state index contributed by atoms with van der Waals surface area (Å²) >= 11 is 0. The second kappa shape index (κ2) is 6.66. The highest BCUT2D eigenvalue weighted by molar-refractivity contribution is 5.41. The summed E-state index contributed by atoms with van der Waals surface area (Å²) in [5, 5.41) is 0. The number of nitrogens with two attached hydrogens (primary N) is 1. The minimum absolute atomic E-state index is 0.196. The first kappa shape index (κ1) is 16.8. The van der Waals surface area contributed by atoms with Crippen molar-refractivity contribution in [1.29, 1.82) is 0 Å². The van der Waals surface area contributed by atoms with Crippen molar-refractivity contribution in [3.8, 4) is 0 Å². The van der Waals surface area contributed by atoms with Crippen LogP contribution in [0.3, 0.4) is 0 Å². The molecule has 2 N–H and O–H groups in total. The molecule has 0 amide bonds. The molecule has 0 aliphatic heterocycles. The summed E-state index contributed by atoms with van der Waals surface area (Å²) in [6, 6.07) is 15.8. The smallest absolute Gasteiger partial charge is 0.0104 e. The largest absolute Gasteiger partial charge is 0.330 e. The third-order valence-electron chi connectivity index (χ3n) is 4.44. The number of hydrogen-bond acceptors (Lipinski definition) is 1. The molecular formula is C21H29N. The molecule has 0 spiro atoms. The van der Waals surface area contributed by atoms with E-state index < -0.39 is 0 Å². The molecule has 0 fully saturated rings. The maximum absolute atomic E-state index is 5.89. The van der Waals surface area contributed by atoms with Crippen LogP contribution in [0.1, 0.15) is 60.9 Å². The number of hydrogen-bond donors (Lipinski definition) is 1. The monoisotopic (exact) mass is 295 g/mol. The summed E-state index contributed by atoms with van der Waals surface area (Å²) in [7, 11) is 0. The predicted octanol–water partition coefficient (Wildman–Crippen LogP) is 5.08. The fourth-order valence-electron chi connectivity index (χ4n) is 3.02. The maximum atomic E-state index is 5.89. The van der Waals surface area contributed by atoms with Gasteiger partial charge < -0.3 is 5.73 Å². The standard InChI is InChI=1S/C21H29N/c1-15-6-7-16(2)20(14-15)19(12-13-22)17-8-10-18(11-9-17)21(3,4)5/h6-11,14,19H,12-13,22H2,1-5H3. The second-order valence-electron chi connectivity index (χ2n) is 7.36. The first-order valence-corrected chi connectivity index (χ1v) is 8.20. The molecule has 2 rings (SSSR count). The summed E-state index contributed by atoms with van der Waals surface area (Å²) in [5.74, 6) is 0.388. The average Bonchev–Trinajstić information content (AvgIpc) is 2.47. The van der Waals surface area contributed by atoms with E-state index in [1.807, 2.05) is 0 Å². The summed E-state index contributed by atoms with van der Waals surface area (Å²) in [4.78, 5) is 0. The van der Waals surface area contributed by atoms with Gasteiger partial charge in [-0.15, -0.1) is 0 Å². The van der Waals surface area contributed by atoms with E-state index in [1.54, 1.807) is 0 Å². The van der Waals surface area contributed by atoms with Crippen molar-refractivity contribution < 1.29 is 0 Å². The molecule has 0 radical (unpaired) electrons. The van der Waals surface area contributed by atoms with Crippen LogP contribution in [-0.4, -0.2) is 6.54 Å². The molecule has 2 aromatic rings. The van der Waals surface area contributed by atoms with Gasteiger partial charge in [-0.3, -0.25) is 0 Å². The van der Waals surface area contributed by atoms with Gasteiger partial charge in [0.15, 0.2) is 0 Å². The molecule has 118 valence electrons. The highest BCUT2D eigenvalue weighted by Crippen LogP contribution is 2.32. The highest BCUT2D eigenvalue weighted by Gasteiger charge is 2.18. The first-order valence-electron chi connectivity index (χ1n) is 8.20. The Morgan fingerprint density at radius 2 is 1.59 bits per heavy atom. The second-order valence-corrected chi connectivity index (χ2v) is 7.36. The van der Waals surface area contributed by atoms with Crippen LogP contribution in [0.15, 0.2) is 42.5 Å². The highest BCUT2D eigenvalue weighted by atomic mass is 14.5. The molecule has 0 aliphatic carbocycles. The minimum atomic E-state index is 0.196. The molecular weight excluding hydrogens is 266 g/mol. The van der Waals surface area contributed by atoms with Gasteiger partial charge in [0, 0.05) is 5.92 Å². The van der Waals surface area contributed by atoms with E-state index in [2.05, 4.69) is 77.1 Å². The third-order valence-corrected chi connectivity index (χ3v) is 4.44. The topological polar surface area (TPSA) is 26.0 Å². The van der Waals surface area contributed by atoms with Crippen LogP contribution in [0.5, 0.6) is 0 Å². The lowest BCUT2D eigenvalue weighted by molar-refractivity contribution is 0.589. The average molecular weight is 295 g/mol. The predicted molar refractivity (Wildman–Crippen MR) is 96.6 cm³/mol. The van der Waals surface area contributed by atoms with Gasteiger partial charge in [0.2, 0.25) is 0 Å². The van der Waals surface area contributed by atoms with Crippen LogP contribution in [-0.2, 0) is 5.41 Å². The molecule has 0 bridgehead atoms. The molecule has 0 aromatic heterocycles. The van der Waals surface area contributed by atoms with E-state index in [4.69, 9.17) is 5.73 Å². The molecule has 0 aliphatic rings. The third kappa shape index (κ3) is 3.78. The summed E-state index contributed by atoms with van der Waals surface area (Å²) in [6.07, 6.45) is 0.985. The van der Waals surface area contributed by atoms with Crippen LogP contribution in [0.4, 0.5) is 0 Å². The molecule has 0 saturated heterocycles. The van der Waals surface area contributed by atoms with Crippen molar-refractivity contribution in [2.75, 3.05) is 6.54 Å². The lowest BCUT2D eigenvalue weighted by Crippen LogP contribution is -2.13. The SMILES string of the molecule is Cc1ccc(C)c(C(CCN)c2ccc(C(C)(C)C)cc2)c1. The zero-order chi connectivity index (χ0) is 16.3. The Hall–Kier alpha value is -1.60. The van der Waals surface area contributed by atoms with Crippen molar-refractivity contribution >= 4 is 0 Å². The molecule has 0 heterocycles. The zero-order valence-electron chi connectivity index (χ0n) is 14.6. The van der Waals surface area contributed by atoms with Gasteiger partial charge in [-0.1, -0.05) is 68.8 Å². The van der Waals surface area contributed by atoms with Gasteiger partial charge in [-0.25, -0.2) is 0 Å². The van der Waals surface area contributed by atoms with E-state index in [9.17, 15) is 0 Å². The number of aryl methyl sites for hydroxylation is 2. The normalized spacial score (nSPS) is 13.2. The van der Waals surface area contributed by atoms with Gasteiger partial charge in [0.05, 0.1) is 0 Å². The Kier molecular flexibility index (Phi) is 5.08. The van der Waals surface area contributed by atoms with E-state index in [0.29, 0.717) is 12.5 Å². The molecule has 22 heavy (non-hydrogen) atoms. The van der Waals surface area contributed by atoms with Crippen molar-refractivity contribution in [3.05, 3.63) is 70.3 Å². The lowest BCUT2D eigenvalue weighted by atomic mass is 9.82. The Balaban J connectivity index is 2.42.